The van der Waals surface area contributed by atoms with Crippen molar-refractivity contribution in [2.24, 2.45) is 0 Å². The van der Waals surface area contributed by atoms with E-state index in [0.29, 0.717) is 4.90 Å². The van der Waals surface area contributed by atoms with Crippen molar-refractivity contribution in [3.05, 3.63) is 115 Å². The second kappa shape index (κ2) is 9.66. The fourth-order valence-electron chi connectivity index (χ4n) is 3.64. The van der Waals surface area contributed by atoms with Crippen LogP contribution in [0.3, 0.4) is 0 Å². The molecule has 0 aliphatic rings. The van der Waals surface area contributed by atoms with Crippen LogP contribution in [0.15, 0.2) is 109 Å². The Morgan fingerprint density at radius 3 is 1.76 bits per heavy atom. The number of benzene rings is 2. The Labute approximate surface area is 193 Å². The monoisotopic (exact) mass is 446 g/mol. The van der Waals surface area contributed by atoms with E-state index < -0.39 is 10.0 Å². The molecule has 2 aromatic carbocycles. The van der Waals surface area contributed by atoms with Crippen molar-refractivity contribution >= 4 is 21.4 Å². The average Bonchev–Trinajstić information content (AvgIpc) is 2.90. The normalized spacial score (nSPS) is 11.1. The molecule has 2 aromatic heterocycles. The van der Waals surface area contributed by atoms with Gasteiger partial charge in [-0.05, 0) is 53.6 Å². The summed E-state index contributed by atoms with van der Waals surface area (Å²) < 4.78 is 0. The van der Waals surface area contributed by atoms with E-state index in [1.54, 1.807) is 30.6 Å². The number of hydrogen-bond donors (Lipinski definition) is 0. The van der Waals surface area contributed by atoms with Gasteiger partial charge in [0, 0.05) is 41.1 Å². The summed E-state index contributed by atoms with van der Waals surface area (Å²) in [6.07, 6.45) is 7.07. The maximum absolute atomic E-state index is 9.65. The minimum absolute atomic E-state index is 0.291. The average molecular weight is 447 g/mol. The molecule has 2 heterocycles. The molecule has 0 saturated carbocycles. The molecule has 0 bridgehead atoms. The van der Waals surface area contributed by atoms with E-state index in [-0.39, 0.29) is 6.04 Å². The molecular formula is C26H18N6S. The highest BCUT2D eigenvalue weighted by Gasteiger charge is 2.29. The zero-order valence-electron chi connectivity index (χ0n) is 17.5. The highest BCUT2D eigenvalue weighted by atomic mass is 32.3. The van der Waals surface area contributed by atoms with E-state index in [0.717, 1.165) is 22.5 Å². The predicted octanol–water partition coefficient (Wildman–Crippen LogP) is 6.01. The van der Waals surface area contributed by atoms with Gasteiger partial charge in [-0.1, -0.05) is 36.4 Å². The zero-order chi connectivity index (χ0) is 23.1. The van der Waals surface area contributed by atoms with Gasteiger partial charge in [0.2, 0.25) is 0 Å². The largest absolute Gasteiger partial charge is 0.330 e. The summed E-state index contributed by atoms with van der Waals surface area (Å²) >= 11 is 0. The lowest BCUT2D eigenvalue weighted by molar-refractivity contribution is 0.807. The van der Waals surface area contributed by atoms with Crippen LogP contribution in [0, 0.1) is 32.0 Å². The summed E-state index contributed by atoms with van der Waals surface area (Å²) in [5.41, 5.74) is 3.53. The molecule has 0 unspecified atom stereocenters. The maximum Gasteiger partial charge on any atom is 0.145 e. The quantitative estimate of drug-likeness (QED) is 0.336. The minimum atomic E-state index is -2.92. The third-order valence-corrected chi connectivity index (χ3v) is 6.94. The van der Waals surface area contributed by atoms with Crippen LogP contribution in [-0.2, 0) is 0 Å². The molecule has 0 radical (unpaired) electrons. The predicted molar refractivity (Wildman–Crippen MR) is 128 cm³/mol. The standard InChI is InChI=1S/C26H18N6S/c27-18-33(19-28,20-29)25-12-4-11-24(15-25)32(23-9-2-1-3-10-23)26(21-7-5-13-30-16-21)22-8-6-14-31-17-22/h1-17,26H. The summed E-state index contributed by atoms with van der Waals surface area (Å²) in [6, 6.07) is 24.4. The van der Waals surface area contributed by atoms with Crippen molar-refractivity contribution in [3.8, 4) is 16.2 Å². The Balaban J connectivity index is 1.97. The van der Waals surface area contributed by atoms with Crippen molar-refractivity contribution in [2.75, 3.05) is 4.90 Å². The minimum Gasteiger partial charge on any atom is -0.330 e. The van der Waals surface area contributed by atoms with Gasteiger partial charge in [-0.25, -0.2) is 0 Å². The molecule has 4 aromatic rings. The van der Waals surface area contributed by atoms with Gasteiger partial charge in [0.25, 0.3) is 0 Å². The van der Waals surface area contributed by atoms with E-state index in [1.807, 2.05) is 89.3 Å². The van der Waals surface area contributed by atoms with Crippen LogP contribution < -0.4 is 4.90 Å². The smallest absolute Gasteiger partial charge is 0.145 e. The first-order chi connectivity index (χ1) is 16.2. The molecule has 0 fully saturated rings. The van der Waals surface area contributed by atoms with Crippen molar-refractivity contribution in [2.45, 2.75) is 10.9 Å². The number of thiocyanates is 3. The number of anilines is 2. The van der Waals surface area contributed by atoms with Gasteiger partial charge < -0.3 is 4.90 Å². The van der Waals surface area contributed by atoms with Crippen molar-refractivity contribution in [3.63, 3.8) is 0 Å². The number of nitriles is 3. The molecule has 33 heavy (non-hydrogen) atoms. The first-order valence-electron chi connectivity index (χ1n) is 10.0. The molecule has 0 aliphatic heterocycles. The van der Waals surface area contributed by atoms with Gasteiger partial charge in [0.15, 0.2) is 0 Å². The number of rotatable bonds is 6. The molecular weight excluding hydrogens is 428 g/mol. The number of hydrogen-bond acceptors (Lipinski definition) is 6. The van der Waals surface area contributed by atoms with Crippen LogP contribution in [0.25, 0.3) is 0 Å². The number of aromatic nitrogens is 2. The topological polar surface area (TPSA) is 100 Å². The summed E-state index contributed by atoms with van der Waals surface area (Å²) in [6.45, 7) is 0. The summed E-state index contributed by atoms with van der Waals surface area (Å²) in [5.74, 6) is 0. The van der Waals surface area contributed by atoms with Crippen LogP contribution in [0.1, 0.15) is 17.2 Å². The summed E-state index contributed by atoms with van der Waals surface area (Å²) in [7, 11) is -2.92. The van der Waals surface area contributed by atoms with E-state index in [4.69, 9.17) is 0 Å². The molecule has 158 valence electrons. The Bertz CT molecular complexity index is 1280. The van der Waals surface area contributed by atoms with Gasteiger partial charge >= 0.3 is 0 Å². The van der Waals surface area contributed by atoms with Gasteiger partial charge in [-0.2, -0.15) is 15.8 Å². The van der Waals surface area contributed by atoms with E-state index in [2.05, 4.69) is 14.9 Å². The van der Waals surface area contributed by atoms with Crippen molar-refractivity contribution < 1.29 is 0 Å². The molecule has 0 spiro atoms. The highest BCUT2D eigenvalue weighted by Crippen LogP contribution is 2.54. The lowest BCUT2D eigenvalue weighted by Gasteiger charge is -2.35. The maximum atomic E-state index is 9.65. The highest BCUT2D eigenvalue weighted by molar-refractivity contribution is 8.44. The molecule has 0 amide bonds. The Morgan fingerprint density at radius 2 is 1.24 bits per heavy atom. The lowest BCUT2D eigenvalue weighted by Crippen LogP contribution is -2.25. The number of pyridine rings is 2. The van der Waals surface area contributed by atoms with Gasteiger partial charge in [-0.3, -0.25) is 9.97 Å². The SMILES string of the molecule is N#CS(C#N)(C#N)c1cccc(N(c2ccccc2)C(c2cccnc2)c2cccnc2)c1. The van der Waals surface area contributed by atoms with Crippen molar-refractivity contribution in [1.82, 2.24) is 9.97 Å². The van der Waals surface area contributed by atoms with E-state index in [9.17, 15) is 15.8 Å². The Hall–Kier alpha value is -4.64. The summed E-state index contributed by atoms with van der Waals surface area (Å²) in [5, 5.41) is 34.8. The Morgan fingerprint density at radius 1 is 0.667 bits per heavy atom. The molecule has 7 heteroatoms. The van der Waals surface area contributed by atoms with Crippen molar-refractivity contribution in [1.29, 1.82) is 15.8 Å². The molecule has 6 nitrogen and oxygen atoms in total. The van der Waals surface area contributed by atoms with Crippen LogP contribution in [0.2, 0.25) is 0 Å². The number of para-hydroxylation sites is 1. The third-order valence-electron chi connectivity index (χ3n) is 5.15. The van der Waals surface area contributed by atoms with E-state index >= 15 is 0 Å². The first kappa shape index (κ1) is 21.6. The molecule has 0 atom stereocenters. The zero-order valence-corrected chi connectivity index (χ0v) is 18.3. The van der Waals surface area contributed by atoms with Crippen LogP contribution >= 0.6 is 10.0 Å². The molecule has 0 saturated heterocycles. The molecule has 0 N–H and O–H groups in total. The fraction of sp³-hybridized carbons (Fsp3) is 0.0385. The summed E-state index contributed by atoms with van der Waals surface area (Å²) in [4.78, 5) is 11.2. The lowest BCUT2D eigenvalue weighted by atomic mass is 9.98. The van der Waals surface area contributed by atoms with Crippen LogP contribution in [-0.4, -0.2) is 9.97 Å². The van der Waals surface area contributed by atoms with E-state index in [1.165, 1.54) is 0 Å². The fourth-order valence-corrected chi connectivity index (χ4v) is 4.66. The number of nitrogens with zero attached hydrogens (tertiary/aromatic N) is 6. The first-order valence-corrected chi connectivity index (χ1v) is 11.7. The van der Waals surface area contributed by atoms with Gasteiger partial charge in [0.1, 0.15) is 16.2 Å². The molecule has 4 rings (SSSR count). The second-order valence-electron chi connectivity index (χ2n) is 7.06. The van der Waals surface area contributed by atoms with Crippen LogP contribution in [0.5, 0.6) is 0 Å². The molecule has 0 aliphatic carbocycles. The Kier molecular flexibility index (Phi) is 6.32. The third kappa shape index (κ3) is 4.25. The van der Waals surface area contributed by atoms with Crippen LogP contribution in [0.4, 0.5) is 11.4 Å². The van der Waals surface area contributed by atoms with Gasteiger partial charge in [-0.15, -0.1) is 0 Å². The van der Waals surface area contributed by atoms with Gasteiger partial charge in [0.05, 0.1) is 16.1 Å². The second-order valence-corrected chi connectivity index (χ2v) is 9.31.